The summed E-state index contributed by atoms with van der Waals surface area (Å²) in [5.41, 5.74) is 4.19. The summed E-state index contributed by atoms with van der Waals surface area (Å²) >= 11 is 0. The quantitative estimate of drug-likeness (QED) is 0.667. The van der Waals surface area contributed by atoms with Crippen LogP contribution in [0, 0.1) is 0 Å². The Hall–Kier alpha value is -2.95. The topological polar surface area (TPSA) is 66.2 Å². The number of aromatic nitrogens is 1. The van der Waals surface area contributed by atoms with E-state index in [1.165, 1.54) is 23.6 Å². The summed E-state index contributed by atoms with van der Waals surface area (Å²) in [6, 6.07) is 15.8. The van der Waals surface area contributed by atoms with E-state index in [2.05, 4.69) is 44.8 Å². The van der Waals surface area contributed by atoms with Crippen molar-refractivity contribution in [1.82, 2.24) is 4.98 Å². The second-order valence-electron chi connectivity index (χ2n) is 5.23. The molecule has 118 valence electrons. The van der Waals surface area contributed by atoms with Crippen LogP contribution in [0.15, 0.2) is 54.7 Å². The number of fused-ring (bicyclic) bond motifs is 1. The number of benzene rings is 2. The Morgan fingerprint density at radius 3 is 2.61 bits per heavy atom. The molecule has 2 aromatic carbocycles. The van der Waals surface area contributed by atoms with Gasteiger partial charge in [0.2, 0.25) is 0 Å². The maximum absolute atomic E-state index is 11.1. The molecule has 0 unspecified atom stereocenters. The van der Waals surface area contributed by atoms with E-state index in [4.69, 9.17) is 0 Å². The second kappa shape index (κ2) is 6.87. The highest BCUT2D eigenvalue weighted by molar-refractivity contribution is 5.85. The van der Waals surface area contributed by atoms with Crippen LogP contribution in [0.25, 0.3) is 10.9 Å². The van der Waals surface area contributed by atoms with Crippen molar-refractivity contribution in [3.05, 3.63) is 60.3 Å². The Balaban J connectivity index is 1.55. The zero-order valence-electron chi connectivity index (χ0n) is 12.9. The summed E-state index contributed by atoms with van der Waals surface area (Å²) in [7, 11) is 1.34. The van der Waals surface area contributed by atoms with Gasteiger partial charge in [0.25, 0.3) is 0 Å². The zero-order valence-corrected chi connectivity index (χ0v) is 12.9. The van der Waals surface area contributed by atoms with E-state index in [9.17, 15) is 4.79 Å². The van der Waals surface area contributed by atoms with Gasteiger partial charge in [-0.2, -0.15) is 0 Å². The lowest BCUT2D eigenvalue weighted by Gasteiger charge is -2.08. The lowest BCUT2D eigenvalue weighted by Crippen LogP contribution is -2.11. The van der Waals surface area contributed by atoms with Crippen molar-refractivity contribution < 1.29 is 9.53 Å². The predicted molar refractivity (Wildman–Crippen MR) is 93.0 cm³/mol. The summed E-state index contributed by atoms with van der Waals surface area (Å²) in [5.74, 6) is 0. The number of anilines is 2. The fraction of sp³-hybridized carbons (Fsp3) is 0.167. The van der Waals surface area contributed by atoms with Crippen LogP contribution < -0.4 is 10.6 Å². The standard InChI is InChI=1S/C18H19N3O2/c1-23-18(22)21-15-8-6-14(7-9-15)19-11-10-13-12-20-17-5-3-2-4-16(13)17/h2-9,12,19-20H,10-11H2,1H3,(H,21,22). The highest BCUT2D eigenvalue weighted by Crippen LogP contribution is 2.19. The number of hydrogen-bond acceptors (Lipinski definition) is 3. The number of carbonyl (C=O) groups excluding carboxylic acids is 1. The third-order valence-electron chi connectivity index (χ3n) is 3.72. The number of ether oxygens (including phenoxy) is 1. The first kappa shape index (κ1) is 15.0. The molecule has 0 aliphatic rings. The molecule has 3 N–H and O–H groups in total. The average Bonchev–Trinajstić information content (AvgIpc) is 3.00. The van der Waals surface area contributed by atoms with Gasteiger partial charge in [-0.25, -0.2) is 4.79 Å². The normalized spacial score (nSPS) is 10.5. The molecule has 1 aromatic heterocycles. The van der Waals surface area contributed by atoms with Crippen molar-refractivity contribution >= 4 is 28.4 Å². The molecule has 0 atom stereocenters. The molecular formula is C18H19N3O2. The highest BCUT2D eigenvalue weighted by atomic mass is 16.5. The molecule has 3 rings (SSSR count). The molecular weight excluding hydrogens is 290 g/mol. The molecule has 0 bridgehead atoms. The van der Waals surface area contributed by atoms with Crippen LogP contribution in [-0.2, 0) is 11.2 Å². The van der Waals surface area contributed by atoms with Crippen molar-refractivity contribution in [3.8, 4) is 0 Å². The van der Waals surface area contributed by atoms with Crippen LogP contribution in [-0.4, -0.2) is 24.7 Å². The van der Waals surface area contributed by atoms with Crippen LogP contribution in [0.5, 0.6) is 0 Å². The number of carbonyl (C=O) groups is 1. The Morgan fingerprint density at radius 2 is 1.83 bits per heavy atom. The van der Waals surface area contributed by atoms with Crippen molar-refractivity contribution in [3.63, 3.8) is 0 Å². The predicted octanol–water partition coefficient (Wildman–Crippen LogP) is 4.00. The molecule has 23 heavy (non-hydrogen) atoms. The molecule has 0 fully saturated rings. The summed E-state index contributed by atoms with van der Waals surface area (Å²) in [4.78, 5) is 14.4. The smallest absolute Gasteiger partial charge is 0.411 e. The number of aromatic amines is 1. The van der Waals surface area contributed by atoms with Crippen molar-refractivity contribution in [2.24, 2.45) is 0 Å². The van der Waals surface area contributed by atoms with E-state index < -0.39 is 6.09 Å². The monoisotopic (exact) mass is 309 g/mol. The molecule has 0 aliphatic heterocycles. The van der Waals surface area contributed by atoms with Crippen molar-refractivity contribution in [2.75, 3.05) is 24.3 Å². The lowest BCUT2D eigenvalue weighted by molar-refractivity contribution is 0.187. The summed E-state index contributed by atoms with van der Waals surface area (Å²) < 4.78 is 4.56. The number of H-pyrrole nitrogens is 1. The van der Waals surface area contributed by atoms with Crippen molar-refractivity contribution in [1.29, 1.82) is 0 Å². The van der Waals surface area contributed by atoms with Crippen LogP contribution in [0.1, 0.15) is 5.56 Å². The van der Waals surface area contributed by atoms with Gasteiger partial charge in [0, 0.05) is 35.0 Å². The molecule has 5 heteroatoms. The Morgan fingerprint density at radius 1 is 1.09 bits per heavy atom. The fourth-order valence-corrected chi connectivity index (χ4v) is 2.52. The minimum Gasteiger partial charge on any atom is -0.453 e. The van der Waals surface area contributed by atoms with Gasteiger partial charge in [0.05, 0.1) is 7.11 Å². The summed E-state index contributed by atoms with van der Waals surface area (Å²) in [6.45, 7) is 0.839. The molecule has 3 aromatic rings. The first-order valence-corrected chi connectivity index (χ1v) is 7.50. The Bertz CT molecular complexity index is 793. The molecule has 1 heterocycles. The first-order valence-electron chi connectivity index (χ1n) is 7.50. The molecule has 0 saturated heterocycles. The molecule has 5 nitrogen and oxygen atoms in total. The van der Waals surface area contributed by atoms with Crippen LogP contribution in [0.3, 0.4) is 0 Å². The molecule has 1 amide bonds. The van der Waals surface area contributed by atoms with E-state index in [0.717, 1.165) is 18.7 Å². The number of rotatable bonds is 5. The van der Waals surface area contributed by atoms with Crippen molar-refractivity contribution in [2.45, 2.75) is 6.42 Å². The molecule has 0 saturated carbocycles. The third kappa shape index (κ3) is 3.63. The summed E-state index contributed by atoms with van der Waals surface area (Å²) in [5, 5.41) is 7.28. The molecule has 0 spiro atoms. The second-order valence-corrected chi connectivity index (χ2v) is 5.23. The molecule has 0 aliphatic carbocycles. The number of methoxy groups -OCH3 is 1. The number of nitrogens with one attached hydrogen (secondary N) is 3. The largest absolute Gasteiger partial charge is 0.453 e. The SMILES string of the molecule is COC(=O)Nc1ccc(NCCc2c[nH]c3ccccc23)cc1. The first-order chi connectivity index (χ1) is 11.3. The Labute approximate surface area is 134 Å². The number of para-hydroxylation sites is 1. The van der Waals surface area contributed by atoms with Gasteiger partial charge in [0.1, 0.15) is 0 Å². The Kier molecular flexibility index (Phi) is 4.47. The van der Waals surface area contributed by atoms with E-state index in [1.807, 2.05) is 30.3 Å². The van der Waals surface area contributed by atoms with Gasteiger partial charge in [-0.05, 0) is 42.3 Å². The maximum Gasteiger partial charge on any atom is 0.411 e. The number of amides is 1. The zero-order chi connectivity index (χ0) is 16.1. The average molecular weight is 309 g/mol. The van der Waals surface area contributed by atoms with Gasteiger partial charge < -0.3 is 15.0 Å². The summed E-state index contributed by atoms with van der Waals surface area (Å²) in [6.07, 6.45) is 2.53. The van der Waals surface area contributed by atoms with E-state index >= 15 is 0 Å². The van der Waals surface area contributed by atoms with Gasteiger partial charge in [-0.1, -0.05) is 18.2 Å². The lowest BCUT2D eigenvalue weighted by atomic mass is 10.1. The van der Waals surface area contributed by atoms with E-state index in [-0.39, 0.29) is 0 Å². The minimum absolute atomic E-state index is 0.468. The fourth-order valence-electron chi connectivity index (χ4n) is 2.52. The van der Waals surface area contributed by atoms with Crippen LogP contribution in [0.4, 0.5) is 16.2 Å². The minimum atomic E-state index is -0.468. The van der Waals surface area contributed by atoms with Gasteiger partial charge in [0.15, 0.2) is 0 Å². The van der Waals surface area contributed by atoms with E-state index in [1.54, 1.807) is 0 Å². The third-order valence-corrected chi connectivity index (χ3v) is 3.72. The van der Waals surface area contributed by atoms with Gasteiger partial charge in [-0.3, -0.25) is 5.32 Å². The van der Waals surface area contributed by atoms with Gasteiger partial charge in [-0.15, -0.1) is 0 Å². The number of hydrogen-bond donors (Lipinski definition) is 3. The van der Waals surface area contributed by atoms with Gasteiger partial charge >= 0.3 is 6.09 Å². The highest BCUT2D eigenvalue weighted by Gasteiger charge is 2.03. The van der Waals surface area contributed by atoms with Crippen LogP contribution >= 0.6 is 0 Å². The van der Waals surface area contributed by atoms with Crippen LogP contribution in [0.2, 0.25) is 0 Å². The van der Waals surface area contributed by atoms with E-state index in [0.29, 0.717) is 5.69 Å². The molecule has 0 radical (unpaired) electrons. The maximum atomic E-state index is 11.1.